The Bertz CT molecular complexity index is 638. The average Bonchev–Trinajstić information content (AvgIpc) is 2.78. The lowest BCUT2D eigenvalue weighted by Gasteiger charge is -2.18. The minimum atomic E-state index is 0.237. The van der Waals surface area contributed by atoms with E-state index in [1.807, 2.05) is 24.3 Å². The fourth-order valence-electron chi connectivity index (χ4n) is 2.72. The van der Waals surface area contributed by atoms with E-state index in [9.17, 15) is 0 Å². The molecular weight excluding hydrogens is 312 g/mol. The van der Waals surface area contributed by atoms with Crippen LogP contribution < -0.4 is 11.1 Å². The van der Waals surface area contributed by atoms with E-state index in [0.717, 1.165) is 18.8 Å². The van der Waals surface area contributed by atoms with E-state index in [-0.39, 0.29) is 5.95 Å². The van der Waals surface area contributed by atoms with Crippen molar-refractivity contribution in [3.8, 4) is 0 Å². The average molecular weight is 333 g/mol. The third kappa shape index (κ3) is 4.77. The molecule has 0 radical (unpaired) electrons. The Morgan fingerprint density at radius 2 is 1.70 bits per heavy atom. The van der Waals surface area contributed by atoms with Crippen molar-refractivity contribution >= 4 is 29.2 Å². The maximum absolute atomic E-state index is 5.89. The van der Waals surface area contributed by atoms with Crippen molar-refractivity contribution in [2.24, 2.45) is 0 Å². The number of nitrogens with one attached hydrogen (secondary N) is 1. The van der Waals surface area contributed by atoms with Crippen molar-refractivity contribution in [3.63, 3.8) is 0 Å². The Morgan fingerprint density at radius 3 is 2.39 bits per heavy atom. The van der Waals surface area contributed by atoms with Crippen LogP contribution in [0.15, 0.2) is 24.3 Å². The molecule has 3 rings (SSSR count). The molecular formula is C16H21ClN6. The van der Waals surface area contributed by atoms with Gasteiger partial charge in [-0.2, -0.15) is 15.0 Å². The zero-order valence-electron chi connectivity index (χ0n) is 13.0. The van der Waals surface area contributed by atoms with Crippen LogP contribution in [0.4, 0.5) is 17.6 Å². The third-order valence-corrected chi connectivity index (χ3v) is 4.12. The number of benzene rings is 1. The van der Waals surface area contributed by atoms with Crippen molar-refractivity contribution in [2.45, 2.75) is 32.2 Å². The van der Waals surface area contributed by atoms with E-state index in [0.29, 0.717) is 23.3 Å². The van der Waals surface area contributed by atoms with Gasteiger partial charge in [-0.15, -0.1) is 0 Å². The van der Waals surface area contributed by atoms with E-state index in [1.165, 1.54) is 25.7 Å². The first-order valence-electron chi connectivity index (χ1n) is 7.94. The summed E-state index contributed by atoms with van der Waals surface area (Å²) in [6, 6.07) is 7.37. The Labute approximate surface area is 141 Å². The van der Waals surface area contributed by atoms with E-state index < -0.39 is 0 Å². The standard InChI is InChI=1S/C16H21ClN6/c17-12-5-7-13(8-6-12)19-16-21-14(20-15(18)22-16)11-23-9-3-1-2-4-10-23/h5-8H,1-4,9-11H2,(H3,18,19,20,21,22). The Balaban J connectivity index is 1.71. The summed E-state index contributed by atoms with van der Waals surface area (Å²) in [4.78, 5) is 15.3. The summed E-state index contributed by atoms with van der Waals surface area (Å²) in [6.45, 7) is 2.89. The summed E-state index contributed by atoms with van der Waals surface area (Å²) < 4.78 is 0. The van der Waals surface area contributed by atoms with Crippen LogP contribution in [0.2, 0.25) is 5.02 Å². The zero-order chi connectivity index (χ0) is 16.1. The second kappa shape index (κ2) is 7.57. The number of hydrogen-bond donors (Lipinski definition) is 2. The molecule has 1 aromatic carbocycles. The fourth-order valence-corrected chi connectivity index (χ4v) is 2.85. The number of nitrogen functional groups attached to an aromatic ring is 1. The number of nitrogens with zero attached hydrogens (tertiary/aromatic N) is 4. The van der Waals surface area contributed by atoms with Crippen molar-refractivity contribution in [1.82, 2.24) is 19.9 Å². The molecule has 0 amide bonds. The number of aromatic nitrogens is 3. The molecule has 1 aliphatic heterocycles. The van der Waals surface area contributed by atoms with E-state index in [4.69, 9.17) is 17.3 Å². The quantitative estimate of drug-likeness (QED) is 0.894. The molecule has 6 nitrogen and oxygen atoms in total. The number of rotatable bonds is 4. The molecule has 0 spiro atoms. The lowest BCUT2D eigenvalue weighted by Crippen LogP contribution is -2.25. The van der Waals surface area contributed by atoms with Gasteiger partial charge in [0.15, 0.2) is 0 Å². The second-order valence-electron chi connectivity index (χ2n) is 5.76. The van der Waals surface area contributed by atoms with Crippen LogP contribution in [-0.4, -0.2) is 32.9 Å². The summed E-state index contributed by atoms with van der Waals surface area (Å²) in [5, 5.41) is 3.83. The van der Waals surface area contributed by atoms with Crippen molar-refractivity contribution in [1.29, 1.82) is 0 Å². The Kier molecular flexibility index (Phi) is 5.25. The van der Waals surface area contributed by atoms with Crippen LogP contribution >= 0.6 is 11.6 Å². The second-order valence-corrected chi connectivity index (χ2v) is 6.19. The smallest absolute Gasteiger partial charge is 0.232 e. The maximum Gasteiger partial charge on any atom is 0.232 e. The molecule has 0 bridgehead atoms. The highest BCUT2D eigenvalue weighted by atomic mass is 35.5. The topological polar surface area (TPSA) is 80.0 Å². The first-order chi connectivity index (χ1) is 11.2. The van der Waals surface area contributed by atoms with Gasteiger partial charge in [-0.3, -0.25) is 4.90 Å². The highest BCUT2D eigenvalue weighted by molar-refractivity contribution is 6.30. The van der Waals surface area contributed by atoms with Gasteiger partial charge in [-0.1, -0.05) is 24.4 Å². The maximum atomic E-state index is 5.89. The molecule has 0 atom stereocenters. The van der Waals surface area contributed by atoms with E-state index >= 15 is 0 Å². The third-order valence-electron chi connectivity index (χ3n) is 3.86. The molecule has 0 saturated carbocycles. The van der Waals surface area contributed by atoms with E-state index in [1.54, 1.807) is 0 Å². The molecule has 0 aliphatic carbocycles. The summed E-state index contributed by atoms with van der Waals surface area (Å²) in [7, 11) is 0. The van der Waals surface area contributed by atoms with Gasteiger partial charge in [-0.05, 0) is 50.2 Å². The van der Waals surface area contributed by atoms with Gasteiger partial charge in [-0.25, -0.2) is 0 Å². The van der Waals surface area contributed by atoms with Gasteiger partial charge >= 0.3 is 0 Å². The number of halogens is 1. The predicted molar refractivity (Wildman–Crippen MR) is 92.7 cm³/mol. The molecule has 1 aliphatic rings. The minimum absolute atomic E-state index is 0.237. The molecule has 2 heterocycles. The van der Waals surface area contributed by atoms with E-state index in [2.05, 4.69) is 25.2 Å². The fraction of sp³-hybridized carbons (Fsp3) is 0.438. The molecule has 7 heteroatoms. The highest BCUT2D eigenvalue weighted by Gasteiger charge is 2.12. The van der Waals surface area contributed by atoms with Crippen LogP contribution in [0.1, 0.15) is 31.5 Å². The van der Waals surface area contributed by atoms with Gasteiger partial charge < -0.3 is 11.1 Å². The van der Waals surface area contributed by atoms with Crippen molar-refractivity contribution in [2.75, 3.05) is 24.1 Å². The molecule has 1 saturated heterocycles. The molecule has 2 aromatic rings. The minimum Gasteiger partial charge on any atom is -0.368 e. The van der Waals surface area contributed by atoms with Crippen molar-refractivity contribution < 1.29 is 0 Å². The summed E-state index contributed by atoms with van der Waals surface area (Å²) in [5.41, 5.74) is 6.69. The van der Waals surface area contributed by atoms with Gasteiger partial charge in [0, 0.05) is 10.7 Å². The number of hydrogen-bond acceptors (Lipinski definition) is 6. The first-order valence-corrected chi connectivity index (χ1v) is 8.32. The monoisotopic (exact) mass is 332 g/mol. The Hall–Kier alpha value is -1.92. The zero-order valence-corrected chi connectivity index (χ0v) is 13.8. The van der Waals surface area contributed by atoms with Crippen LogP contribution in [0, 0.1) is 0 Å². The molecule has 1 aromatic heterocycles. The molecule has 1 fully saturated rings. The van der Waals surface area contributed by atoms with Crippen LogP contribution in [0.3, 0.4) is 0 Å². The number of anilines is 3. The number of nitrogens with two attached hydrogens (primary N) is 1. The van der Waals surface area contributed by atoms with Gasteiger partial charge in [0.1, 0.15) is 5.82 Å². The first kappa shape index (κ1) is 16.0. The lowest BCUT2D eigenvalue weighted by atomic mass is 10.2. The van der Waals surface area contributed by atoms with Gasteiger partial charge in [0.2, 0.25) is 11.9 Å². The SMILES string of the molecule is Nc1nc(CN2CCCCCC2)nc(Nc2ccc(Cl)cc2)n1. The van der Waals surface area contributed by atoms with Crippen LogP contribution in [0.5, 0.6) is 0 Å². The molecule has 23 heavy (non-hydrogen) atoms. The summed E-state index contributed by atoms with van der Waals surface area (Å²) >= 11 is 5.89. The normalized spacial score (nSPS) is 16.0. The number of likely N-dealkylation sites (tertiary alicyclic amines) is 1. The van der Waals surface area contributed by atoms with Gasteiger partial charge in [0.25, 0.3) is 0 Å². The van der Waals surface area contributed by atoms with Crippen molar-refractivity contribution in [3.05, 3.63) is 35.1 Å². The molecule has 3 N–H and O–H groups in total. The highest BCUT2D eigenvalue weighted by Crippen LogP contribution is 2.18. The lowest BCUT2D eigenvalue weighted by molar-refractivity contribution is 0.270. The van der Waals surface area contributed by atoms with Gasteiger partial charge in [0.05, 0.1) is 6.54 Å². The predicted octanol–water partition coefficient (Wildman–Crippen LogP) is 3.23. The molecule has 122 valence electrons. The Morgan fingerprint density at radius 1 is 1.00 bits per heavy atom. The largest absolute Gasteiger partial charge is 0.368 e. The van der Waals surface area contributed by atoms with Crippen LogP contribution in [-0.2, 0) is 6.54 Å². The molecule has 0 unspecified atom stereocenters. The summed E-state index contributed by atoms with van der Waals surface area (Å²) in [5.74, 6) is 1.40. The summed E-state index contributed by atoms with van der Waals surface area (Å²) in [6.07, 6.45) is 5.07. The van der Waals surface area contributed by atoms with Crippen LogP contribution in [0.25, 0.3) is 0 Å².